The number of carbonyl (C=O) groups is 1. The standard InChI is InChI=1S/C16H17N5O2S/c1-21-9-15(23-20-21)19-14(22)10-24-16-12(8-17)7-11-5-3-2-4-6-13(11)18-16/h7,9H,2-6,10H2,1H3/p+1. The Balaban J connectivity index is 1.69. The molecule has 1 aliphatic carbocycles. The Labute approximate surface area is 144 Å². The number of hydrogen-bond acceptors (Lipinski definition) is 6. The van der Waals surface area contributed by atoms with Gasteiger partial charge in [-0.05, 0) is 37.3 Å². The van der Waals surface area contributed by atoms with Crippen LogP contribution in [0.15, 0.2) is 21.8 Å². The van der Waals surface area contributed by atoms with E-state index in [1.807, 2.05) is 6.07 Å². The van der Waals surface area contributed by atoms with Gasteiger partial charge in [-0.1, -0.05) is 22.9 Å². The van der Waals surface area contributed by atoms with E-state index in [1.165, 1.54) is 28.4 Å². The average molecular weight is 344 g/mol. The van der Waals surface area contributed by atoms with Gasteiger partial charge < -0.3 is 0 Å². The molecule has 2 aromatic heterocycles. The van der Waals surface area contributed by atoms with Gasteiger partial charge in [0.2, 0.25) is 5.91 Å². The lowest BCUT2D eigenvalue weighted by molar-refractivity contribution is -0.739. The second kappa shape index (κ2) is 7.45. The molecule has 1 aliphatic rings. The van der Waals surface area contributed by atoms with Crippen LogP contribution in [-0.4, -0.2) is 21.9 Å². The highest BCUT2D eigenvalue weighted by molar-refractivity contribution is 8.00. The van der Waals surface area contributed by atoms with E-state index in [0.29, 0.717) is 16.5 Å². The Bertz CT molecular complexity index is 796. The molecule has 0 saturated carbocycles. The van der Waals surface area contributed by atoms with Gasteiger partial charge in [-0.3, -0.25) is 14.6 Å². The maximum Gasteiger partial charge on any atom is 0.302 e. The molecule has 0 bridgehead atoms. The molecule has 0 radical (unpaired) electrons. The van der Waals surface area contributed by atoms with Gasteiger partial charge in [-0.2, -0.15) is 5.26 Å². The molecule has 24 heavy (non-hydrogen) atoms. The first-order chi connectivity index (χ1) is 11.7. The van der Waals surface area contributed by atoms with Crippen molar-refractivity contribution in [2.24, 2.45) is 7.05 Å². The van der Waals surface area contributed by atoms with E-state index >= 15 is 0 Å². The van der Waals surface area contributed by atoms with Gasteiger partial charge in [0.15, 0.2) is 12.3 Å². The summed E-state index contributed by atoms with van der Waals surface area (Å²) < 4.78 is 6.39. The fourth-order valence-corrected chi connectivity index (χ4v) is 3.44. The van der Waals surface area contributed by atoms with Crippen LogP contribution in [0.25, 0.3) is 0 Å². The number of aryl methyl sites for hydroxylation is 3. The zero-order valence-electron chi connectivity index (χ0n) is 13.4. The Hall–Kier alpha value is -2.40. The molecule has 0 fully saturated rings. The molecule has 0 saturated heterocycles. The molecule has 0 aromatic carbocycles. The van der Waals surface area contributed by atoms with Crippen LogP contribution in [0, 0.1) is 11.3 Å². The number of rotatable bonds is 4. The highest BCUT2D eigenvalue weighted by Crippen LogP contribution is 2.27. The summed E-state index contributed by atoms with van der Waals surface area (Å²) in [4.78, 5) is 16.6. The average Bonchev–Trinajstić information content (AvgIpc) is 2.84. The molecule has 0 unspecified atom stereocenters. The highest BCUT2D eigenvalue weighted by atomic mass is 32.2. The predicted molar refractivity (Wildman–Crippen MR) is 87.2 cm³/mol. The smallest absolute Gasteiger partial charge is 0.288 e. The lowest BCUT2D eigenvalue weighted by atomic mass is 10.1. The van der Waals surface area contributed by atoms with E-state index in [9.17, 15) is 10.1 Å². The first-order valence-corrected chi connectivity index (χ1v) is 8.82. The van der Waals surface area contributed by atoms with E-state index in [2.05, 4.69) is 21.6 Å². The number of amides is 1. The fraction of sp³-hybridized carbons (Fsp3) is 0.438. The van der Waals surface area contributed by atoms with Crippen LogP contribution in [0.4, 0.5) is 5.88 Å². The van der Waals surface area contributed by atoms with Crippen molar-refractivity contribution in [2.45, 2.75) is 37.1 Å². The van der Waals surface area contributed by atoms with Crippen LogP contribution >= 0.6 is 11.8 Å². The van der Waals surface area contributed by atoms with Crippen molar-refractivity contribution in [3.63, 3.8) is 0 Å². The number of nitrogens with zero attached hydrogens (tertiary/aromatic N) is 4. The van der Waals surface area contributed by atoms with Gasteiger partial charge in [-0.25, -0.2) is 4.98 Å². The van der Waals surface area contributed by atoms with E-state index in [1.54, 1.807) is 13.2 Å². The summed E-state index contributed by atoms with van der Waals surface area (Å²) in [7, 11) is 1.70. The summed E-state index contributed by atoms with van der Waals surface area (Å²) in [5, 5.41) is 16.2. The number of nitriles is 1. The first-order valence-electron chi connectivity index (χ1n) is 7.84. The molecule has 0 atom stereocenters. The molecule has 1 amide bonds. The third-order valence-electron chi connectivity index (χ3n) is 3.81. The molecule has 2 aromatic rings. The zero-order chi connectivity index (χ0) is 16.9. The predicted octanol–water partition coefficient (Wildman–Crippen LogP) is 1.77. The van der Waals surface area contributed by atoms with Crippen molar-refractivity contribution in [1.29, 1.82) is 5.26 Å². The maximum absolute atomic E-state index is 12.0. The van der Waals surface area contributed by atoms with Crippen LogP contribution in [0.1, 0.15) is 36.1 Å². The molecule has 7 nitrogen and oxygen atoms in total. The SMILES string of the molecule is C[n+]1cc(NC(=O)CSc2nc3c(cc2C#N)CCCCC3)on1. The number of hydrogen-bond donors (Lipinski definition) is 1. The Morgan fingerprint density at radius 3 is 3.04 bits per heavy atom. The van der Waals surface area contributed by atoms with Crippen molar-refractivity contribution in [3.8, 4) is 6.07 Å². The van der Waals surface area contributed by atoms with Gasteiger partial charge in [0.25, 0.3) is 6.20 Å². The first kappa shape index (κ1) is 16.5. The Morgan fingerprint density at radius 1 is 1.46 bits per heavy atom. The summed E-state index contributed by atoms with van der Waals surface area (Å²) >= 11 is 1.27. The van der Waals surface area contributed by atoms with E-state index < -0.39 is 0 Å². The van der Waals surface area contributed by atoms with Crippen LogP contribution < -0.4 is 10.00 Å². The zero-order valence-corrected chi connectivity index (χ0v) is 14.2. The van der Waals surface area contributed by atoms with Crippen LogP contribution in [0.5, 0.6) is 0 Å². The number of fused-ring (bicyclic) bond motifs is 1. The number of aromatic nitrogens is 3. The van der Waals surface area contributed by atoms with Gasteiger partial charge in [-0.15, -0.1) is 0 Å². The minimum absolute atomic E-state index is 0.158. The highest BCUT2D eigenvalue weighted by Gasteiger charge is 2.16. The van der Waals surface area contributed by atoms with Crippen molar-refractivity contribution in [2.75, 3.05) is 11.1 Å². The summed E-state index contributed by atoms with van der Waals surface area (Å²) in [5.74, 6) is 0.223. The quantitative estimate of drug-likeness (QED) is 0.516. The topological polar surface area (TPSA) is 95.7 Å². The van der Waals surface area contributed by atoms with Crippen molar-refractivity contribution in [1.82, 2.24) is 10.3 Å². The molecule has 124 valence electrons. The van der Waals surface area contributed by atoms with Gasteiger partial charge in [0.1, 0.15) is 11.1 Å². The van der Waals surface area contributed by atoms with E-state index in [-0.39, 0.29) is 11.7 Å². The van der Waals surface area contributed by atoms with E-state index in [4.69, 9.17) is 4.52 Å². The lowest BCUT2D eigenvalue weighted by Crippen LogP contribution is -2.28. The summed E-state index contributed by atoms with van der Waals surface area (Å²) in [5.41, 5.74) is 2.78. The molecule has 2 heterocycles. The van der Waals surface area contributed by atoms with Gasteiger partial charge in [0, 0.05) is 5.69 Å². The normalized spacial score (nSPS) is 13.7. The molecule has 8 heteroatoms. The molecule has 3 rings (SSSR count). The summed E-state index contributed by atoms with van der Waals surface area (Å²) in [6.45, 7) is 0. The van der Waals surface area contributed by atoms with Gasteiger partial charge in [0.05, 0.1) is 11.3 Å². The summed E-state index contributed by atoms with van der Waals surface area (Å²) in [6.07, 6.45) is 6.95. The van der Waals surface area contributed by atoms with Crippen LogP contribution in [0.3, 0.4) is 0 Å². The number of anilines is 1. The molecule has 1 N–H and O–H groups in total. The van der Waals surface area contributed by atoms with Crippen molar-refractivity contribution in [3.05, 3.63) is 29.1 Å². The third kappa shape index (κ3) is 3.92. The lowest BCUT2D eigenvalue weighted by Gasteiger charge is -2.09. The Kier molecular flexibility index (Phi) is 5.11. The number of pyridine rings is 1. The largest absolute Gasteiger partial charge is 0.302 e. The van der Waals surface area contributed by atoms with Crippen LogP contribution in [0.2, 0.25) is 0 Å². The minimum atomic E-state index is -0.225. The summed E-state index contributed by atoms with van der Waals surface area (Å²) in [6, 6.07) is 4.13. The van der Waals surface area contributed by atoms with Crippen molar-refractivity contribution < 1.29 is 14.0 Å². The number of thioether (sulfide) groups is 1. The fourth-order valence-electron chi connectivity index (χ4n) is 2.67. The third-order valence-corrected chi connectivity index (χ3v) is 4.80. The molecule has 0 spiro atoms. The van der Waals surface area contributed by atoms with Crippen molar-refractivity contribution >= 4 is 23.6 Å². The van der Waals surface area contributed by atoms with Gasteiger partial charge >= 0.3 is 5.88 Å². The minimum Gasteiger partial charge on any atom is -0.288 e. The number of carbonyl (C=O) groups excluding carboxylic acids is 1. The van der Waals surface area contributed by atoms with Crippen LogP contribution in [-0.2, 0) is 24.7 Å². The second-order valence-electron chi connectivity index (χ2n) is 5.70. The maximum atomic E-state index is 12.0. The molecular weight excluding hydrogens is 326 g/mol. The molecule has 0 aliphatic heterocycles. The Morgan fingerprint density at radius 2 is 2.29 bits per heavy atom. The monoisotopic (exact) mass is 344 g/mol. The number of nitrogens with one attached hydrogen (secondary N) is 1. The van der Waals surface area contributed by atoms with E-state index in [0.717, 1.165) is 31.4 Å². The second-order valence-corrected chi connectivity index (χ2v) is 6.66. The molecular formula is C16H18N5O2S+.